The Hall–Kier alpha value is -2.62. The molecular weight excluding hydrogens is 314 g/mol. The van der Waals surface area contributed by atoms with Gasteiger partial charge in [-0.3, -0.25) is 9.59 Å². The highest BCUT2D eigenvalue weighted by molar-refractivity contribution is 5.84. The minimum absolute atomic E-state index is 0.0448. The molecule has 4 nitrogen and oxygen atoms in total. The first-order valence-electron chi connectivity index (χ1n) is 8.54. The number of hydrogen-bond donors (Lipinski definition) is 0. The van der Waals surface area contributed by atoms with Crippen LogP contribution in [0.4, 0.5) is 0 Å². The summed E-state index contributed by atoms with van der Waals surface area (Å²) in [5.41, 5.74) is 4.25. The Morgan fingerprint density at radius 2 is 1.92 bits per heavy atom. The fourth-order valence-corrected chi connectivity index (χ4v) is 3.76. The second-order valence-electron chi connectivity index (χ2n) is 6.51. The number of aryl methyl sites for hydroxylation is 1. The van der Waals surface area contributed by atoms with Crippen molar-refractivity contribution in [1.82, 2.24) is 4.90 Å². The van der Waals surface area contributed by atoms with Crippen LogP contribution in [0.2, 0.25) is 0 Å². The third-order valence-corrected chi connectivity index (χ3v) is 5.00. The number of fused-ring (bicyclic) bond motifs is 1. The van der Waals surface area contributed by atoms with Gasteiger partial charge in [-0.25, -0.2) is 0 Å². The number of carbonyl (C=O) groups excluding carboxylic acids is 2. The highest BCUT2D eigenvalue weighted by atomic mass is 16.5. The second kappa shape index (κ2) is 7.09. The van der Waals surface area contributed by atoms with Crippen molar-refractivity contribution < 1.29 is 14.3 Å². The van der Waals surface area contributed by atoms with Crippen LogP contribution in [0.3, 0.4) is 0 Å². The summed E-state index contributed by atoms with van der Waals surface area (Å²) < 4.78 is 4.90. The highest BCUT2D eigenvalue weighted by Crippen LogP contribution is 2.40. The zero-order chi connectivity index (χ0) is 18.0. The van der Waals surface area contributed by atoms with Crippen LogP contribution in [0.25, 0.3) is 0 Å². The summed E-state index contributed by atoms with van der Waals surface area (Å²) in [6.07, 6.45) is 0.531. The molecule has 1 amide bonds. The fraction of sp³-hybridized carbons (Fsp3) is 0.333. The average Bonchev–Trinajstić information content (AvgIpc) is 2.61. The molecule has 0 N–H and O–H groups in total. The molecule has 2 aromatic carbocycles. The van der Waals surface area contributed by atoms with Crippen molar-refractivity contribution in [3.8, 4) is 0 Å². The van der Waals surface area contributed by atoms with Gasteiger partial charge in [0.1, 0.15) is 0 Å². The van der Waals surface area contributed by atoms with E-state index in [4.69, 9.17) is 4.74 Å². The Balaban J connectivity index is 2.07. The first-order chi connectivity index (χ1) is 12.0. The molecule has 1 unspecified atom stereocenters. The van der Waals surface area contributed by atoms with E-state index in [-0.39, 0.29) is 30.4 Å². The van der Waals surface area contributed by atoms with E-state index in [9.17, 15) is 9.59 Å². The van der Waals surface area contributed by atoms with Crippen molar-refractivity contribution in [2.45, 2.75) is 38.8 Å². The summed E-state index contributed by atoms with van der Waals surface area (Å²) >= 11 is 0. The number of hydrogen-bond acceptors (Lipinski definition) is 3. The van der Waals surface area contributed by atoms with E-state index in [0.717, 1.165) is 22.3 Å². The fourth-order valence-electron chi connectivity index (χ4n) is 3.76. The normalized spacial score (nSPS) is 17.8. The van der Waals surface area contributed by atoms with Crippen LogP contribution < -0.4 is 0 Å². The summed E-state index contributed by atoms with van der Waals surface area (Å²) in [7, 11) is 1.39. The molecule has 0 aromatic heterocycles. The Morgan fingerprint density at radius 3 is 2.60 bits per heavy atom. The molecule has 0 spiro atoms. The summed E-state index contributed by atoms with van der Waals surface area (Å²) in [6, 6.07) is 15.5. The quantitative estimate of drug-likeness (QED) is 0.798. The van der Waals surface area contributed by atoms with E-state index in [1.807, 2.05) is 67.3 Å². The van der Waals surface area contributed by atoms with Crippen molar-refractivity contribution in [1.29, 1.82) is 0 Å². The molecule has 0 radical (unpaired) electrons. The standard InChI is InChI=1S/C21H23NO3/c1-14-8-7-11-17-12-19(23)22(15(2)16-9-5-4-6-10-16)18(21(14)17)13-20(24)25-3/h4-11,15,18H,12-13H2,1-3H3/t15-,18?/m0/s1. The lowest BCUT2D eigenvalue weighted by Gasteiger charge is -2.41. The lowest BCUT2D eigenvalue weighted by Crippen LogP contribution is -2.43. The first kappa shape index (κ1) is 17.2. The summed E-state index contributed by atoms with van der Waals surface area (Å²) in [5.74, 6) is -0.262. The summed E-state index contributed by atoms with van der Waals surface area (Å²) in [6.45, 7) is 4.05. The number of esters is 1. The van der Waals surface area contributed by atoms with Crippen LogP contribution in [-0.4, -0.2) is 23.9 Å². The van der Waals surface area contributed by atoms with Crippen molar-refractivity contribution in [2.75, 3.05) is 7.11 Å². The third-order valence-electron chi connectivity index (χ3n) is 5.00. The number of ether oxygens (including phenoxy) is 1. The van der Waals surface area contributed by atoms with E-state index < -0.39 is 0 Å². The molecule has 0 bridgehead atoms. The highest BCUT2D eigenvalue weighted by Gasteiger charge is 2.38. The molecule has 1 aliphatic heterocycles. The molecule has 3 rings (SSSR count). The SMILES string of the molecule is COC(=O)CC1c2c(C)cccc2CC(=O)N1[C@@H](C)c1ccccc1. The van der Waals surface area contributed by atoms with Gasteiger partial charge in [-0.2, -0.15) is 0 Å². The molecule has 2 aromatic rings. The zero-order valence-corrected chi connectivity index (χ0v) is 14.9. The predicted octanol–water partition coefficient (Wildman–Crippen LogP) is 3.75. The maximum absolute atomic E-state index is 12.9. The lowest BCUT2D eigenvalue weighted by atomic mass is 9.85. The summed E-state index contributed by atoms with van der Waals surface area (Å²) in [4.78, 5) is 26.8. The van der Waals surface area contributed by atoms with Crippen molar-refractivity contribution >= 4 is 11.9 Å². The number of nitrogens with zero attached hydrogens (tertiary/aromatic N) is 1. The van der Waals surface area contributed by atoms with Gasteiger partial charge in [-0.1, -0.05) is 48.5 Å². The van der Waals surface area contributed by atoms with Crippen LogP contribution in [0.5, 0.6) is 0 Å². The largest absolute Gasteiger partial charge is 0.469 e. The number of rotatable bonds is 4. The molecule has 1 aliphatic rings. The van der Waals surface area contributed by atoms with Gasteiger partial charge in [0.15, 0.2) is 0 Å². The van der Waals surface area contributed by atoms with Gasteiger partial charge in [-0.15, -0.1) is 0 Å². The van der Waals surface area contributed by atoms with Gasteiger partial charge in [0.05, 0.1) is 32.0 Å². The lowest BCUT2D eigenvalue weighted by molar-refractivity contribution is -0.145. The molecular formula is C21H23NO3. The van der Waals surface area contributed by atoms with E-state index in [0.29, 0.717) is 6.42 Å². The Kier molecular flexibility index (Phi) is 4.88. The molecule has 25 heavy (non-hydrogen) atoms. The van der Waals surface area contributed by atoms with Crippen molar-refractivity contribution in [2.24, 2.45) is 0 Å². The number of benzene rings is 2. The van der Waals surface area contributed by atoms with Crippen LogP contribution in [0.15, 0.2) is 48.5 Å². The second-order valence-corrected chi connectivity index (χ2v) is 6.51. The molecule has 2 atom stereocenters. The minimum atomic E-state index is -0.306. The van der Waals surface area contributed by atoms with Crippen LogP contribution in [-0.2, 0) is 20.7 Å². The van der Waals surface area contributed by atoms with Gasteiger partial charge >= 0.3 is 5.97 Å². The van der Waals surface area contributed by atoms with Crippen LogP contribution >= 0.6 is 0 Å². The molecule has 0 aliphatic carbocycles. The molecule has 4 heteroatoms. The van der Waals surface area contributed by atoms with Gasteiger partial charge < -0.3 is 9.64 Å². The third kappa shape index (κ3) is 3.29. The number of carbonyl (C=O) groups is 2. The molecule has 0 saturated carbocycles. The van der Waals surface area contributed by atoms with E-state index in [1.165, 1.54) is 7.11 Å². The molecule has 1 heterocycles. The Labute approximate surface area is 148 Å². The van der Waals surface area contributed by atoms with Gasteiger partial charge in [-0.05, 0) is 36.1 Å². The van der Waals surface area contributed by atoms with Gasteiger partial charge in [0.25, 0.3) is 0 Å². The van der Waals surface area contributed by atoms with Crippen molar-refractivity contribution in [3.05, 3.63) is 70.8 Å². The van der Waals surface area contributed by atoms with Crippen molar-refractivity contribution in [3.63, 3.8) is 0 Å². The van der Waals surface area contributed by atoms with Crippen LogP contribution in [0, 0.1) is 6.92 Å². The number of amides is 1. The average molecular weight is 337 g/mol. The molecule has 130 valence electrons. The zero-order valence-electron chi connectivity index (χ0n) is 14.9. The molecule has 0 saturated heterocycles. The Morgan fingerprint density at radius 1 is 1.20 bits per heavy atom. The van der Waals surface area contributed by atoms with Gasteiger partial charge in [0, 0.05) is 0 Å². The summed E-state index contributed by atoms with van der Waals surface area (Å²) in [5, 5.41) is 0. The minimum Gasteiger partial charge on any atom is -0.469 e. The smallest absolute Gasteiger partial charge is 0.307 e. The monoisotopic (exact) mass is 337 g/mol. The topological polar surface area (TPSA) is 46.6 Å². The number of methoxy groups -OCH3 is 1. The maximum Gasteiger partial charge on any atom is 0.307 e. The molecule has 0 fully saturated rings. The van der Waals surface area contributed by atoms with E-state index in [2.05, 4.69) is 0 Å². The van der Waals surface area contributed by atoms with E-state index >= 15 is 0 Å². The van der Waals surface area contributed by atoms with Gasteiger partial charge in [0.2, 0.25) is 5.91 Å². The maximum atomic E-state index is 12.9. The predicted molar refractivity (Wildman–Crippen MR) is 96.0 cm³/mol. The van der Waals surface area contributed by atoms with E-state index in [1.54, 1.807) is 0 Å². The first-order valence-corrected chi connectivity index (χ1v) is 8.54. The van der Waals surface area contributed by atoms with Crippen LogP contribution in [0.1, 0.15) is 47.7 Å². The Bertz CT molecular complexity index is 785.